The van der Waals surface area contributed by atoms with Crippen LogP contribution in [0.1, 0.15) is 33.4 Å². The van der Waals surface area contributed by atoms with Crippen LogP contribution in [0.2, 0.25) is 0 Å². The van der Waals surface area contributed by atoms with Gasteiger partial charge >= 0.3 is 0 Å². The first-order valence-corrected chi connectivity index (χ1v) is 20.2. The summed E-state index contributed by atoms with van der Waals surface area (Å²) in [6.45, 7) is 13.0. The van der Waals surface area contributed by atoms with Crippen LogP contribution in [-0.2, 0) is 0 Å². The van der Waals surface area contributed by atoms with Crippen LogP contribution in [-0.4, -0.2) is 23.9 Å². The quantitative estimate of drug-likeness (QED) is 0.175. The number of aromatic nitrogens is 5. The second-order valence-corrected chi connectivity index (χ2v) is 16.1. The Balaban J connectivity index is 1.06. The monoisotopic (exact) mass is 763 g/mol. The summed E-state index contributed by atoms with van der Waals surface area (Å²) in [4.78, 5) is 15.7. The van der Waals surface area contributed by atoms with Crippen LogP contribution in [0.25, 0.3) is 100 Å². The Labute approximate surface area is 342 Å². The van der Waals surface area contributed by atoms with Crippen molar-refractivity contribution in [1.29, 1.82) is 0 Å². The zero-order chi connectivity index (χ0) is 40.1. The molecule has 284 valence electrons. The van der Waals surface area contributed by atoms with Gasteiger partial charge in [0.15, 0.2) is 5.82 Å². The first-order chi connectivity index (χ1) is 28.7. The zero-order valence-electron chi connectivity index (χ0n) is 33.9. The summed E-state index contributed by atoms with van der Waals surface area (Å²) < 4.78 is 11.0. The third-order valence-corrected chi connectivity index (χ3v) is 11.9. The van der Waals surface area contributed by atoms with Crippen LogP contribution in [0, 0.1) is 41.5 Å². The van der Waals surface area contributed by atoms with Crippen LogP contribution in [0.4, 0.5) is 0 Å². The van der Waals surface area contributed by atoms with Crippen LogP contribution in [0.15, 0.2) is 144 Å². The van der Waals surface area contributed by atoms with Crippen molar-refractivity contribution in [2.45, 2.75) is 41.5 Å². The molecule has 0 aliphatic carbocycles. The molecule has 0 aliphatic rings. The molecular formula is C53H41N5O. The van der Waals surface area contributed by atoms with Crippen LogP contribution in [0.3, 0.4) is 0 Å². The minimum Gasteiger partial charge on any atom is -0.456 e. The standard InChI is InChI=1S/C53H41N5O/c1-30-22-32(3)50(33(4)23-30)43-29-44(51-34(5)24-31(2)25-35(51)6)55-52(54-43)38-19-21-49-41(28-38)40-27-37(18-20-48(40)59-49)36-12-11-13-39(26-36)57-46-16-9-10-17-47(46)58-45-15-8-7-14-42(45)56-53(57)58/h7-29H,1-6H3. The van der Waals surface area contributed by atoms with Crippen molar-refractivity contribution in [2.75, 3.05) is 0 Å². The molecule has 7 aromatic carbocycles. The molecule has 0 radical (unpaired) electrons. The SMILES string of the molecule is Cc1cc(C)c(-c2cc(-c3c(C)cc(C)cc3C)nc(-c3ccc4oc5ccc(-c6cccc(-n7c8ccccc8n8c9ccccc9nc78)c6)cc5c4c3)n2)c(C)c1. The second-order valence-electron chi connectivity index (χ2n) is 16.1. The van der Waals surface area contributed by atoms with Crippen molar-refractivity contribution in [3.63, 3.8) is 0 Å². The molecule has 4 aromatic heterocycles. The number of para-hydroxylation sites is 4. The van der Waals surface area contributed by atoms with E-state index in [-0.39, 0.29) is 0 Å². The van der Waals surface area contributed by atoms with Gasteiger partial charge in [-0.15, -0.1) is 0 Å². The lowest BCUT2D eigenvalue weighted by Gasteiger charge is -2.16. The minimum atomic E-state index is 0.688. The second kappa shape index (κ2) is 13.1. The normalized spacial score (nSPS) is 11.9. The average molecular weight is 764 g/mol. The van der Waals surface area contributed by atoms with E-state index in [0.717, 1.165) is 94.7 Å². The first kappa shape index (κ1) is 34.9. The Hall–Kier alpha value is -7.31. The molecule has 0 saturated heterocycles. The summed E-state index contributed by atoms with van der Waals surface area (Å²) in [7, 11) is 0. The van der Waals surface area contributed by atoms with Gasteiger partial charge in [-0.1, -0.05) is 77.9 Å². The Kier molecular flexibility index (Phi) is 7.76. The summed E-state index contributed by atoms with van der Waals surface area (Å²) in [6, 6.07) is 49.5. The van der Waals surface area contributed by atoms with Gasteiger partial charge in [0.05, 0.1) is 33.5 Å². The lowest BCUT2D eigenvalue weighted by atomic mass is 9.93. The average Bonchev–Trinajstić information content (AvgIpc) is 3.88. The van der Waals surface area contributed by atoms with E-state index >= 15 is 0 Å². The summed E-state index contributed by atoms with van der Waals surface area (Å²) in [5, 5.41) is 2.07. The minimum absolute atomic E-state index is 0.688. The number of rotatable bonds is 5. The topological polar surface area (TPSA) is 61.2 Å². The molecule has 4 heterocycles. The van der Waals surface area contributed by atoms with Gasteiger partial charge in [-0.05, 0) is 148 Å². The van der Waals surface area contributed by atoms with E-state index in [1.165, 1.54) is 33.4 Å². The maximum atomic E-state index is 6.46. The van der Waals surface area contributed by atoms with E-state index in [0.29, 0.717) is 5.82 Å². The molecule has 6 heteroatoms. The van der Waals surface area contributed by atoms with E-state index < -0.39 is 0 Å². The highest BCUT2D eigenvalue weighted by Gasteiger charge is 2.20. The third-order valence-electron chi connectivity index (χ3n) is 11.9. The number of fused-ring (bicyclic) bond motifs is 8. The van der Waals surface area contributed by atoms with Crippen molar-refractivity contribution in [3.8, 4) is 50.7 Å². The van der Waals surface area contributed by atoms with Gasteiger partial charge in [0.2, 0.25) is 5.78 Å². The summed E-state index contributed by atoms with van der Waals surface area (Å²) >= 11 is 0. The molecule has 0 saturated carbocycles. The van der Waals surface area contributed by atoms with Crippen molar-refractivity contribution in [1.82, 2.24) is 23.9 Å². The Bertz CT molecular complexity index is 3400. The highest BCUT2D eigenvalue weighted by atomic mass is 16.3. The van der Waals surface area contributed by atoms with E-state index in [9.17, 15) is 0 Å². The molecule has 0 aliphatic heterocycles. The maximum Gasteiger partial charge on any atom is 0.220 e. The summed E-state index contributed by atoms with van der Waals surface area (Å²) in [6.07, 6.45) is 0. The lowest BCUT2D eigenvalue weighted by molar-refractivity contribution is 0.669. The van der Waals surface area contributed by atoms with Crippen molar-refractivity contribution >= 4 is 49.8 Å². The van der Waals surface area contributed by atoms with E-state index in [2.05, 4.69) is 184 Å². The van der Waals surface area contributed by atoms with Gasteiger partial charge in [-0.25, -0.2) is 15.0 Å². The summed E-state index contributed by atoms with van der Waals surface area (Å²) in [5.41, 5.74) is 21.6. The molecule has 0 unspecified atom stereocenters. The van der Waals surface area contributed by atoms with E-state index in [1.807, 2.05) is 6.07 Å². The number of imidazole rings is 2. The highest BCUT2D eigenvalue weighted by molar-refractivity contribution is 6.07. The fourth-order valence-electron chi connectivity index (χ4n) is 9.53. The van der Waals surface area contributed by atoms with Gasteiger partial charge in [-0.3, -0.25) is 8.97 Å². The molecule has 0 spiro atoms. The van der Waals surface area contributed by atoms with E-state index in [4.69, 9.17) is 19.4 Å². The van der Waals surface area contributed by atoms with Crippen LogP contribution >= 0.6 is 0 Å². The summed E-state index contributed by atoms with van der Waals surface area (Å²) in [5.74, 6) is 1.58. The van der Waals surface area contributed by atoms with Gasteiger partial charge < -0.3 is 4.42 Å². The van der Waals surface area contributed by atoms with Gasteiger partial charge in [0.1, 0.15) is 11.2 Å². The third kappa shape index (κ3) is 5.58. The molecule has 11 aromatic rings. The Morgan fingerprint density at radius 3 is 1.63 bits per heavy atom. The fraction of sp³-hybridized carbons (Fsp3) is 0.113. The number of hydrogen-bond donors (Lipinski definition) is 0. The Morgan fingerprint density at radius 2 is 0.983 bits per heavy atom. The number of furan rings is 1. The number of benzene rings is 7. The van der Waals surface area contributed by atoms with Gasteiger partial charge in [0.25, 0.3) is 0 Å². The fourth-order valence-corrected chi connectivity index (χ4v) is 9.53. The number of aryl methyl sites for hydroxylation is 6. The largest absolute Gasteiger partial charge is 0.456 e. The molecule has 59 heavy (non-hydrogen) atoms. The van der Waals surface area contributed by atoms with Crippen molar-refractivity contribution in [2.24, 2.45) is 0 Å². The highest BCUT2D eigenvalue weighted by Crippen LogP contribution is 2.38. The van der Waals surface area contributed by atoms with Crippen LogP contribution in [0.5, 0.6) is 0 Å². The molecular weight excluding hydrogens is 723 g/mol. The lowest BCUT2D eigenvalue weighted by Crippen LogP contribution is -2.00. The van der Waals surface area contributed by atoms with Gasteiger partial charge in [-0.2, -0.15) is 0 Å². The van der Waals surface area contributed by atoms with Crippen molar-refractivity contribution < 1.29 is 4.42 Å². The molecule has 0 fully saturated rings. The zero-order valence-corrected chi connectivity index (χ0v) is 33.9. The Morgan fingerprint density at radius 1 is 0.441 bits per heavy atom. The van der Waals surface area contributed by atoms with Crippen molar-refractivity contribution in [3.05, 3.63) is 173 Å². The molecule has 6 nitrogen and oxygen atoms in total. The van der Waals surface area contributed by atoms with E-state index in [1.54, 1.807) is 0 Å². The first-order valence-electron chi connectivity index (χ1n) is 20.2. The number of hydrogen-bond acceptors (Lipinski definition) is 4. The molecule has 0 N–H and O–H groups in total. The molecule has 0 atom stereocenters. The van der Waals surface area contributed by atoms with Gasteiger partial charge in [0, 0.05) is 33.2 Å². The molecule has 0 amide bonds. The predicted molar refractivity (Wildman–Crippen MR) is 243 cm³/mol. The maximum absolute atomic E-state index is 6.46. The molecule has 0 bridgehead atoms. The number of nitrogens with zero attached hydrogens (tertiary/aromatic N) is 5. The molecule has 11 rings (SSSR count). The predicted octanol–water partition coefficient (Wildman–Crippen LogP) is 13.6. The van der Waals surface area contributed by atoms with Crippen LogP contribution < -0.4 is 0 Å². The smallest absolute Gasteiger partial charge is 0.220 e.